The molecule has 0 saturated heterocycles. The third-order valence-electron chi connectivity index (χ3n) is 3.33. The second kappa shape index (κ2) is 6.00. The number of carbonyl (C=O) groups excluding carboxylic acids is 1. The molecule has 4 nitrogen and oxygen atoms in total. The summed E-state index contributed by atoms with van der Waals surface area (Å²) in [6.07, 6.45) is 3.17. The average molecular weight is 314 g/mol. The quantitative estimate of drug-likeness (QED) is 0.694. The monoisotopic (exact) mass is 314 g/mol. The Morgan fingerprint density at radius 2 is 1.70 bits per heavy atom. The van der Waals surface area contributed by atoms with Gasteiger partial charge in [0.15, 0.2) is 0 Å². The minimum Gasteiger partial charge on any atom is -0.465 e. The van der Waals surface area contributed by atoms with E-state index in [-0.39, 0.29) is 0 Å². The third-order valence-corrected chi connectivity index (χ3v) is 3.33. The van der Waals surface area contributed by atoms with Gasteiger partial charge >= 0.3 is 5.97 Å². The van der Waals surface area contributed by atoms with E-state index in [1.807, 2.05) is 0 Å². The Labute approximate surface area is 130 Å². The van der Waals surface area contributed by atoms with Crippen LogP contribution in [0.15, 0.2) is 54.9 Å². The van der Waals surface area contributed by atoms with Crippen molar-refractivity contribution in [2.24, 2.45) is 0 Å². The number of halogens is 2. The molecule has 0 saturated carbocycles. The summed E-state index contributed by atoms with van der Waals surface area (Å²) in [6, 6.07) is 9.94. The van der Waals surface area contributed by atoms with Crippen molar-refractivity contribution in [1.82, 2.24) is 9.78 Å². The number of ether oxygens (including phenoxy) is 1. The topological polar surface area (TPSA) is 44.1 Å². The molecule has 0 aliphatic heterocycles. The maximum atomic E-state index is 13.3. The first kappa shape index (κ1) is 14.9. The highest BCUT2D eigenvalue weighted by atomic mass is 19.1. The van der Waals surface area contributed by atoms with E-state index in [2.05, 4.69) is 9.84 Å². The molecule has 1 aromatic heterocycles. The molecular weight excluding hydrogens is 302 g/mol. The van der Waals surface area contributed by atoms with Crippen molar-refractivity contribution in [3.8, 4) is 16.8 Å². The molecule has 3 aromatic rings. The van der Waals surface area contributed by atoms with E-state index in [0.29, 0.717) is 22.4 Å². The van der Waals surface area contributed by atoms with Crippen LogP contribution < -0.4 is 0 Å². The summed E-state index contributed by atoms with van der Waals surface area (Å²) in [5, 5.41) is 4.17. The van der Waals surface area contributed by atoms with Gasteiger partial charge in [-0.15, -0.1) is 0 Å². The minimum atomic E-state index is -0.643. The Morgan fingerprint density at radius 1 is 1.04 bits per heavy atom. The Kier molecular flexibility index (Phi) is 3.89. The zero-order valence-corrected chi connectivity index (χ0v) is 12.2. The molecule has 0 unspecified atom stereocenters. The van der Waals surface area contributed by atoms with Crippen molar-refractivity contribution < 1.29 is 18.3 Å². The Balaban J connectivity index is 1.91. The van der Waals surface area contributed by atoms with Crippen molar-refractivity contribution in [1.29, 1.82) is 0 Å². The molecule has 0 N–H and O–H groups in total. The number of hydrogen-bond donors (Lipinski definition) is 0. The van der Waals surface area contributed by atoms with E-state index in [1.54, 1.807) is 35.1 Å². The molecule has 116 valence electrons. The summed E-state index contributed by atoms with van der Waals surface area (Å²) >= 11 is 0. The van der Waals surface area contributed by atoms with Crippen LogP contribution in [0.4, 0.5) is 8.78 Å². The fourth-order valence-corrected chi connectivity index (χ4v) is 2.20. The number of nitrogens with zero attached hydrogens (tertiary/aromatic N) is 2. The van der Waals surface area contributed by atoms with Gasteiger partial charge in [0, 0.05) is 17.8 Å². The number of hydrogen-bond acceptors (Lipinski definition) is 3. The largest absolute Gasteiger partial charge is 0.465 e. The van der Waals surface area contributed by atoms with Gasteiger partial charge < -0.3 is 4.74 Å². The molecule has 0 aliphatic rings. The van der Waals surface area contributed by atoms with E-state index in [1.165, 1.54) is 25.4 Å². The Bertz CT molecular complexity index is 837. The van der Waals surface area contributed by atoms with Crippen LogP contribution in [-0.2, 0) is 4.74 Å². The summed E-state index contributed by atoms with van der Waals surface area (Å²) in [7, 11) is 1.31. The van der Waals surface area contributed by atoms with Crippen LogP contribution >= 0.6 is 0 Å². The molecule has 0 bridgehead atoms. The number of carbonyl (C=O) groups is 1. The first-order chi connectivity index (χ1) is 11.1. The van der Waals surface area contributed by atoms with Crippen LogP contribution in [0.5, 0.6) is 0 Å². The van der Waals surface area contributed by atoms with Crippen molar-refractivity contribution in [2.45, 2.75) is 0 Å². The van der Waals surface area contributed by atoms with Crippen molar-refractivity contribution >= 4 is 5.97 Å². The maximum absolute atomic E-state index is 13.3. The maximum Gasteiger partial charge on any atom is 0.337 e. The first-order valence-corrected chi connectivity index (χ1v) is 6.77. The zero-order valence-electron chi connectivity index (χ0n) is 12.2. The lowest BCUT2D eigenvalue weighted by Crippen LogP contribution is -2.01. The molecule has 1 heterocycles. The third kappa shape index (κ3) is 3.11. The lowest BCUT2D eigenvalue weighted by atomic mass is 10.1. The molecule has 0 aliphatic carbocycles. The lowest BCUT2D eigenvalue weighted by Gasteiger charge is -2.03. The SMILES string of the molecule is COC(=O)c1ccc(-n2cc(-c3cc(F)cc(F)c3)cn2)cc1. The second-order valence-electron chi connectivity index (χ2n) is 4.87. The fraction of sp³-hybridized carbons (Fsp3) is 0.0588. The van der Waals surface area contributed by atoms with Crippen LogP contribution in [0, 0.1) is 11.6 Å². The van der Waals surface area contributed by atoms with Gasteiger partial charge in [0.2, 0.25) is 0 Å². The molecule has 2 aromatic carbocycles. The van der Waals surface area contributed by atoms with Gasteiger partial charge in [0.25, 0.3) is 0 Å². The summed E-state index contributed by atoms with van der Waals surface area (Å²) in [4.78, 5) is 11.4. The number of esters is 1. The predicted octanol–water partition coefficient (Wildman–Crippen LogP) is 3.60. The minimum absolute atomic E-state index is 0.403. The van der Waals surface area contributed by atoms with Gasteiger partial charge in [-0.1, -0.05) is 0 Å². The molecule has 0 radical (unpaired) electrons. The number of aromatic nitrogens is 2. The number of rotatable bonds is 3. The highest BCUT2D eigenvalue weighted by Gasteiger charge is 2.08. The molecule has 0 atom stereocenters. The number of benzene rings is 2. The predicted molar refractivity (Wildman–Crippen MR) is 80.3 cm³/mol. The lowest BCUT2D eigenvalue weighted by molar-refractivity contribution is 0.0600. The van der Waals surface area contributed by atoms with Crippen LogP contribution in [0.3, 0.4) is 0 Å². The molecule has 23 heavy (non-hydrogen) atoms. The van der Waals surface area contributed by atoms with Gasteiger partial charge in [-0.25, -0.2) is 18.3 Å². The molecule has 0 amide bonds. The first-order valence-electron chi connectivity index (χ1n) is 6.77. The van der Waals surface area contributed by atoms with Gasteiger partial charge in [-0.2, -0.15) is 5.10 Å². The molecule has 0 spiro atoms. The van der Waals surface area contributed by atoms with Crippen molar-refractivity contribution in [3.63, 3.8) is 0 Å². The number of methoxy groups -OCH3 is 1. The smallest absolute Gasteiger partial charge is 0.337 e. The van der Waals surface area contributed by atoms with Gasteiger partial charge in [-0.05, 0) is 42.0 Å². The van der Waals surface area contributed by atoms with Gasteiger partial charge in [-0.3, -0.25) is 0 Å². The second-order valence-corrected chi connectivity index (χ2v) is 4.87. The van der Waals surface area contributed by atoms with Gasteiger partial charge in [0.05, 0.1) is 24.6 Å². The van der Waals surface area contributed by atoms with Crippen LogP contribution in [0.25, 0.3) is 16.8 Å². The Hall–Kier alpha value is -3.02. The molecule has 3 rings (SSSR count). The molecule has 6 heteroatoms. The standard InChI is InChI=1S/C17H12F2N2O2/c1-23-17(22)11-2-4-16(5-3-11)21-10-13(9-20-21)12-6-14(18)8-15(19)7-12/h2-10H,1H3. The van der Waals surface area contributed by atoms with Crippen LogP contribution in [0.2, 0.25) is 0 Å². The van der Waals surface area contributed by atoms with Crippen molar-refractivity contribution in [3.05, 3.63) is 72.1 Å². The highest BCUT2D eigenvalue weighted by molar-refractivity contribution is 5.89. The van der Waals surface area contributed by atoms with Crippen molar-refractivity contribution in [2.75, 3.05) is 7.11 Å². The highest BCUT2D eigenvalue weighted by Crippen LogP contribution is 2.22. The van der Waals surface area contributed by atoms with Crippen LogP contribution in [0.1, 0.15) is 10.4 Å². The van der Waals surface area contributed by atoms with E-state index >= 15 is 0 Å². The van der Waals surface area contributed by atoms with E-state index in [4.69, 9.17) is 0 Å². The normalized spacial score (nSPS) is 10.6. The van der Waals surface area contributed by atoms with E-state index in [9.17, 15) is 13.6 Å². The molecular formula is C17H12F2N2O2. The van der Waals surface area contributed by atoms with E-state index < -0.39 is 17.6 Å². The average Bonchev–Trinajstić information content (AvgIpc) is 3.03. The molecule has 0 fully saturated rings. The summed E-state index contributed by atoms with van der Waals surface area (Å²) < 4.78 is 32.8. The van der Waals surface area contributed by atoms with Crippen LogP contribution in [-0.4, -0.2) is 22.9 Å². The summed E-state index contributed by atoms with van der Waals surface area (Å²) in [6.45, 7) is 0. The fourth-order valence-electron chi connectivity index (χ4n) is 2.20. The van der Waals surface area contributed by atoms with E-state index in [0.717, 1.165) is 6.07 Å². The zero-order chi connectivity index (χ0) is 16.4. The Morgan fingerprint density at radius 3 is 2.30 bits per heavy atom. The summed E-state index contributed by atoms with van der Waals surface area (Å²) in [5.74, 6) is -1.71. The van der Waals surface area contributed by atoms with Gasteiger partial charge in [0.1, 0.15) is 11.6 Å². The summed E-state index contributed by atoms with van der Waals surface area (Å²) in [5.41, 5.74) is 2.12.